The van der Waals surface area contributed by atoms with E-state index in [0.29, 0.717) is 18.6 Å². The highest BCUT2D eigenvalue weighted by atomic mass is 16.1. The minimum atomic E-state index is 0.155. The van der Waals surface area contributed by atoms with Crippen LogP contribution >= 0.6 is 0 Å². The van der Waals surface area contributed by atoms with Gasteiger partial charge >= 0.3 is 0 Å². The summed E-state index contributed by atoms with van der Waals surface area (Å²) in [5.74, 6) is 0.155. The largest absolute Gasteiger partial charge is 0.352 e. The van der Waals surface area contributed by atoms with Crippen LogP contribution in [0.15, 0.2) is 0 Å². The lowest BCUT2D eigenvalue weighted by molar-refractivity contribution is -0.121. The van der Waals surface area contributed by atoms with Gasteiger partial charge in [0.25, 0.3) is 0 Å². The van der Waals surface area contributed by atoms with E-state index in [1.54, 1.807) is 0 Å². The number of piperidine rings is 1. The normalized spacial score (nSPS) is 27.5. The second kappa shape index (κ2) is 7.25. The number of rotatable bonds is 6. The number of hydrogen-bond acceptors (Lipinski definition) is 3. The predicted octanol–water partition coefficient (Wildman–Crippen LogP) is 1.51. The number of nitrogens with zero attached hydrogens (tertiary/aromatic N) is 1. The third-order valence-corrected chi connectivity index (χ3v) is 4.72. The summed E-state index contributed by atoms with van der Waals surface area (Å²) in [5.41, 5.74) is 0. The molecule has 0 radical (unpaired) electrons. The van der Waals surface area contributed by atoms with E-state index in [0.717, 1.165) is 18.9 Å². The molecule has 2 aliphatic rings. The molecule has 4 nitrogen and oxygen atoms in total. The molecule has 110 valence electrons. The molecule has 0 saturated carbocycles. The summed E-state index contributed by atoms with van der Waals surface area (Å²) in [4.78, 5) is 14.5. The first-order valence-corrected chi connectivity index (χ1v) is 7.99. The summed E-state index contributed by atoms with van der Waals surface area (Å²) < 4.78 is 0. The van der Waals surface area contributed by atoms with Gasteiger partial charge in [-0.15, -0.1) is 0 Å². The Morgan fingerprint density at radius 2 is 2.05 bits per heavy atom. The maximum absolute atomic E-state index is 11.9. The van der Waals surface area contributed by atoms with E-state index in [9.17, 15) is 4.79 Å². The maximum Gasteiger partial charge on any atom is 0.234 e. The van der Waals surface area contributed by atoms with Gasteiger partial charge in [-0.2, -0.15) is 0 Å². The van der Waals surface area contributed by atoms with Gasteiger partial charge in [0, 0.05) is 18.1 Å². The van der Waals surface area contributed by atoms with Crippen molar-refractivity contribution in [1.29, 1.82) is 0 Å². The lowest BCUT2D eigenvalue weighted by atomic mass is 9.97. The van der Waals surface area contributed by atoms with Crippen molar-refractivity contribution < 1.29 is 4.79 Å². The zero-order valence-electron chi connectivity index (χ0n) is 12.5. The van der Waals surface area contributed by atoms with Crippen LogP contribution in [0.2, 0.25) is 0 Å². The van der Waals surface area contributed by atoms with Gasteiger partial charge in [-0.3, -0.25) is 4.79 Å². The van der Waals surface area contributed by atoms with Crippen LogP contribution in [-0.4, -0.2) is 48.6 Å². The van der Waals surface area contributed by atoms with E-state index in [-0.39, 0.29) is 5.91 Å². The maximum atomic E-state index is 11.9. The summed E-state index contributed by atoms with van der Waals surface area (Å²) in [7, 11) is 0. The molecule has 2 heterocycles. The molecule has 0 aromatic heterocycles. The second-order valence-corrected chi connectivity index (χ2v) is 6.02. The van der Waals surface area contributed by atoms with Crippen molar-refractivity contribution in [2.24, 2.45) is 0 Å². The standard InChI is InChI=1S/C15H29N3O/c1-3-12(4-2)17-15(19)11-16-13-7-9-18-8-5-6-14(18)10-13/h12-14,16H,3-11H2,1-2H3,(H,17,19). The Morgan fingerprint density at radius 1 is 1.26 bits per heavy atom. The Bertz CT molecular complexity index is 291. The Kier molecular flexibility index (Phi) is 5.64. The highest BCUT2D eigenvalue weighted by Gasteiger charge is 2.31. The molecule has 0 aliphatic carbocycles. The van der Waals surface area contributed by atoms with Crippen LogP contribution < -0.4 is 10.6 Å². The Balaban J connectivity index is 1.66. The van der Waals surface area contributed by atoms with Crippen LogP contribution in [0, 0.1) is 0 Å². The molecule has 1 amide bonds. The SMILES string of the molecule is CCC(CC)NC(=O)CNC1CCN2CCCC2C1. The summed E-state index contributed by atoms with van der Waals surface area (Å²) in [6.07, 6.45) is 7.14. The first-order valence-electron chi connectivity index (χ1n) is 7.99. The van der Waals surface area contributed by atoms with Gasteiger partial charge in [-0.1, -0.05) is 13.8 Å². The Labute approximate surface area is 117 Å². The molecule has 2 atom stereocenters. The molecule has 2 fully saturated rings. The molecular weight excluding hydrogens is 238 g/mol. The van der Waals surface area contributed by atoms with Gasteiger partial charge < -0.3 is 15.5 Å². The fourth-order valence-corrected chi connectivity index (χ4v) is 3.42. The van der Waals surface area contributed by atoms with Crippen LogP contribution in [0.5, 0.6) is 0 Å². The fraction of sp³-hybridized carbons (Fsp3) is 0.933. The number of carbonyl (C=O) groups excluding carboxylic acids is 1. The van der Waals surface area contributed by atoms with Crippen LogP contribution in [-0.2, 0) is 4.79 Å². The molecule has 2 rings (SSSR count). The Morgan fingerprint density at radius 3 is 2.79 bits per heavy atom. The van der Waals surface area contributed by atoms with Gasteiger partial charge in [0.1, 0.15) is 0 Å². The molecular formula is C15H29N3O. The lowest BCUT2D eigenvalue weighted by Gasteiger charge is -2.35. The van der Waals surface area contributed by atoms with Crippen molar-refractivity contribution in [3.8, 4) is 0 Å². The van der Waals surface area contributed by atoms with Crippen molar-refractivity contribution in [2.45, 2.75) is 70.5 Å². The van der Waals surface area contributed by atoms with E-state index < -0.39 is 0 Å². The monoisotopic (exact) mass is 267 g/mol. The molecule has 19 heavy (non-hydrogen) atoms. The molecule has 4 heteroatoms. The number of carbonyl (C=O) groups is 1. The highest BCUT2D eigenvalue weighted by Crippen LogP contribution is 2.26. The van der Waals surface area contributed by atoms with Gasteiger partial charge in [0.05, 0.1) is 6.54 Å². The summed E-state index contributed by atoms with van der Waals surface area (Å²) >= 11 is 0. The first-order chi connectivity index (χ1) is 9.22. The van der Waals surface area contributed by atoms with Crippen molar-refractivity contribution in [3.05, 3.63) is 0 Å². The molecule has 2 unspecified atom stereocenters. The van der Waals surface area contributed by atoms with Crippen molar-refractivity contribution in [3.63, 3.8) is 0 Å². The van der Waals surface area contributed by atoms with Gasteiger partial charge in [0.2, 0.25) is 5.91 Å². The summed E-state index contributed by atoms with van der Waals surface area (Å²) in [6.45, 7) is 7.21. The van der Waals surface area contributed by atoms with E-state index in [2.05, 4.69) is 29.4 Å². The van der Waals surface area contributed by atoms with Crippen LogP contribution in [0.3, 0.4) is 0 Å². The third-order valence-electron chi connectivity index (χ3n) is 4.72. The molecule has 2 aliphatic heterocycles. The van der Waals surface area contributed by atoms with Crippen LogP contribution in [0.4, 0.5) is 0 Å². The molecule has 0 spiro atoms. The van der Waals surface area contributed by atoms with E-state index in [4.69, 9.17) is 0 Å². The van der Waals surface area contributed by atoms with E-state index in [1.807, 2.05) is 0 Å². The Hall–Kier alpha value is -0.610. The molecule has 2 N–H and O–H groups in total. The fourth-order valence-electron chi connectivity index (χ4n) is 3.42. The van der Waals surface area contributed by atoms with Gasteiger partial charge in [-0.05, 0) is 51.6 Å². The average molecular weight is 267 g/mol. The predicted molar refractivity (Wildman–Crippen MR) is 78.1 cm³/mol. The number of fused-ring (bicyclic) bond motifs is 1. The third kappa shape index (κ3) is 4.18. The van der Waals surface area contributed by atoms with Gasteiger partial charge in [0.15, 0.2) is 0 Å². The van der Waals surface area contributed by atoms with E-state index >= 15 is 0 Å². The number of amides is 1. The highest BCUT2D eigenvalue weighted by molar-refractivity contribution is 5.78. The first kappa shape index (κ1) is 14.8. The molecule has 2 saturated heterocycles. The zero-order chi connectivity index (χ0) is 13.7. The average Bonchev–Trinajstić information content (AvgIpc) is 2.89. The van der Waals surface area contributed by atoms with E-state index in [1.165, 1.54) is 38.8 Å². The van der Waals surface area contributed by atoms with Crippen molar-refractivity contribution in [1.82, 2.24) is 15.5 Å². The quantitative estimate of drug-likeness (QED) is 0.767. The van der Waals surface area contributed by atoms with Gasteiger partial charge in [-0.25, -0.2) is 0 Å². The van der Waals surface area contributed by atoms with Crippen molar-refractivity contribution >= 4 is 5.91 Å². The van der Waals surface area contributed by atoms with Crippen molar-refractivity contribution in [2.75, 3.05) is 19.6 Å². The number of nitrogens with one attached hydrogen (secondary N) is 2. The second-order valence-electron chi connectivity index (χ2n) is 6.02. The minimum absolute atomic E-state index is 0.155. The number of hydrogen-bond donors (Lipinski definition) is 2. The topological polar surface area (TPSA) is 44.4 Å². The zero-order valence-corrected chi connectivity index (χ0v) is 12.5. The van der Waals surface area contributed by atoms with Crippen LogP contribution in [0.25, 0.3) is 0 Å². The van der Waals surface area contributed by atoms with Crippen LogP contribution in [0.1, 0.15) is 52.4 Å². The minimum Gasteiger partial charge on any atom is -0.352 e. The smallest absolute Gasteiger partial charge is 0.234 e. The molecule has 0 aromatic rings. The summed E-state index contributed by atoms with van der Waals surface area (Å²) in [5, 5.41) is 6.54. The summed E-state index contributed by atoms with van der Waals surface area (Å²) in [6, 6.07) is 1.64. The molecule has 0 aromatic carbocycles. The lowest BCUT2D eigenvalue weighted by Crippen LogP contribution is -2.48. The molecule has 0 bridgehead atoms.